The van der Waals surface area contributed by atoms with E-state index in [4.69, 9.17) is 0 Å². The maximum absolute atomic E-state index is 12.2. The minimum Gasteiger partial charge on any atom is -0.342 e. The zero-order valence-electron chi connectivity index (χ0n) is 12.2. The van der Waals surface area contributed by atoms with Gasteiger partial charge in [-0.15, -0.1) is 0 Å². The largest absolute Gasteiger partial charge is 0.342 e. The normalized spacial score (nSPS) is 19.4. The molecule has 0 aromatic rings. The van der Waals surface area contributed by atoms with Gasteiger partial charge in [-0.05, 0) is 52.4 Å². The van der Waals surface area contributed by atoms with Crippen molar-refractivity contribution in [3.63, 3.8) is 0 Å². The van der Waals surface area contributed by atoms with Crippen molar-refractivity contribution in [3.8, 4) is 0 Å². The summed E-state index contributed by atoms with van der Waals surface area (Å²) in [5, 5.41) is 3.29. The van der Waals surface area contributed by atoms with Crippen LogP contribution in [0.4, 0.5) is 0 Å². The summed E-state index contributed by atoms with van der Waals surface area (Å²) in [4.78, 5) is 16.7. The van der Waals surface area contributed by atoms with Crippen molar-refractivity contribution in [2.45, 2.75) is 46.1 Å². The van der Waals surface area contributed by atoms with Crippen LogP contribution in [0.5, 0.6) is 0 Å². The predicted octanol–water partition coefficient (Wildman–Crippen LogP) is 1.32. The Morgan fingerprint density at radius 1 is 1.17 bits per heavy atom. The van der Waals surface area contributed by atoms with Crippen LogP contribution in [0.2, 0.25) is 0 Å². The third-order valence-electron chi connectivity index (χ3n) is 3.85. The van der Waals surface area contributed by atoms with Gasteiger partial charge in [0.2, 0.25) is 5.91 Å². The Kier molecular flexibility index (Phi) is 7.28. The zero-order chi connectivity index (χ0) is 13.4. The van der Waals surface area contributed by atoms with Crippen LogP contribution in [0.25, 0.3) is 0 Å². The number of nitrogens with zero attached hydrogens (tertiary/aromatic N) is 2. The van der Waals surface area contributed by atoms with Crippen LogP contribution in [0.15, 0.2) is 0 Å². The first kappa shape index (κ1) is 15.4. The average molecular weight is 255 g/mol. The van der Waals surface area contributed by atoms with E-state index < -0.39 is 0 Å². The van der Waals surface area contributed by atoms with Crippen molar-refractivity contribution in [1.82, 2.24) is 15.1 Å². The van der Waals surface area contributed by atoms with Gasteiger partial charge in [-0.25, -0.2) is 0 Å². The molecule has 4 nitrogen and oxygen atoms in total. The Morgan fingerprint density at radius 3 is 2.39 bits per heavy atom. The predicted molar refractivity (Wildman–Crippen MR) is 75.7 cm³/mol. The van der Waals surface area contributed by atoms with Gasteiger partial charge in [0.1, 0.15) is 0 Å². The molecule has 1 saturated heterocycles. The summed E-state index contributed by atoms with van der Waals surface area (Å²) in [5.74, 6) is 0.301. The van der Waals surface area contributed by atoms with Gasteiger partial charge in [0.25, 0.3) is 0 Å². The van der Waals surface area contributed by atoms with E-state index >= 15 is 0 Å². The van der Waals surface area contributed by atoms with E-state index in [1.165, 1.54) is 0 Å². The summed E-state index contributed by atoms with van der Waals surface area (Å²) in [6, 6.07) is 0.0819. The molecule has 1 heterocycles. The number of carbonyl (C=O) groups excluding carboxylic acids is 1. The van der Waals surface area contributed by atoms with E-state index in [-0.39, 0.29) is 6.04 Å². The maximum atomic E-state index is 12.2. The van der Waals surface area contributed by atoms with Crippen LogP contribution >= 0.6 is 0 Å². The highest BCUT2D eigenvalue weighted by Crippen LogP contribution is 2.09. The number of amides is 1. The number of nitrogens with one attached hydrogen (secondary N) is 1. The zero-order valence-corrected chi connectivity index (χ0v) is 12.2. The molecule has 1 aliphatic heterocycles. The molecule has 1 N–H and O–H groups in total. The topological polar surface area (TPSA) is 35.6 Å². The second kappa shape index (κ2) is 8.48. The first-order valence-electron chi connectivity index (χ1n) is 7.47. The van der Waals surface area contributed by atoms with E-state index in [1.54, 1.807) is 0 Å². The summed E-state index contributed by atoms with van der Waals surface area (Å²) in [7, 11) is 0. The minimum atomic E-state index is 0.0819. The number of likely N-dealkylation sites (N-methyl/N-ethyl adjacent to an activating group) is 1. The Labute approximate surface area is 112 Å². The molecular weight excluding hydrogens is 226 g/mol. The fraction of sp³-hybridized carbons (Fsp3) is 0.929. The average Bonchev–Trinajstić information content (AvgIpc) is 2.92. The lowest BCUT2D eigenvalue weighted by molar-refractivity contribution is -0.133. The molecule has 0 aromatic heterocycles. The third-order valence-corrected chi connectivity index (χ3v) is 3.85. The smallest absolute Gasteiger partial charge is 0.239 e. The van der Waals surface area contributed by atoms with Crippen molar-refractivity contribution in [2.75, 3.05) is 39.3 Å². The fourth-order valence-electron chi connectivity index (χ4n) is 2.56. The molecular formula is C14H29N3O. The molecule has 1 rings (SSSR count). The number of rotatable bonds is 8. The lowest BCUT2D eigenvalue weighted by Crippen LogP contribution is -2.44. The Balaban J connectivity index is 2.30. The molecule has 18 heavy (non-hydrogen) atoms. The molecule has 0 radical (unpaired) electrons. The molecule has 1 fully saturated rings. The monoisotopic (exact) mass is 255 g/mol. The van der Waals surface area contributed by atoms with Crippen molar-refractivity contribution >= 4 is 5.91 Å². The fourth-order valence-corrected chi connectivity index (χ4v) is 2.56. The first-order valence-corrected chi connectivity index (χ1v) is 7.47. The number of hydrogen-bond donors (Lipinski definition) is 1. The molecule has 1 amide bonds. The Bertz CT molecular complexity index is 235. The minimum absolute atomic E-state index is 0.0819. The second-order valence-corrected chi connectivity index (χ2v) is 4.95. The third kappa shape index (κ3) is 4.58. The second-order valence-electron chi connectivity index (χ2n) is 4.95. The molecule has 0 saturated carbocycles. The highest BCUT2D eigenvalue weighted by molar-refractivity contribution is 5.82. The molecule has 0 aromatic carbocycles. The Hall–Kier alpha value is -0.610. The standard InChI is InChI=1S/C14H29N3O/c1-4-16(5-2)11-8-12-17(6-3)14(18)13-9-7-10-15-13/h13,15H,4-12H2,1-3H3/t13-/m0/s1. The van der Waals surface area contributed by atoms with Gasteiger partial charge in [-0.3, -0.25) is 4.79 Å². The van der Waals surface area contributed by atoms with Crippen molar-refractivity contribution in [2.24, 2.45) is 0 Å². The molecule has 106 valence electrons. The van der Waals surface area contributed by atoms with Gasteiger partial charge >= 0.3 is 0 Å². The molecule has 0 spiro atoms. The van der Waals surface area contributed by atoms with E-state index in [0.717, 1.165) is 58.5 Å². The van der Waals surface area contributed by atoms with Gasteiger partial charge < -0.3 is 15.1 Å². The van der Waals surface area contributed by atoms with E-state index in [1.807, 2.05) is 4.90 Å². The van der Waals surface area contributed by atoms with Gasteiger partial charge in [0.05, 0.1) is 6.04 Å². The van der Waals surface area contributed by atoms with Crippen molar-refractivity contribution in [3.05, 3.63) is 0 Å². The molecule has 0 aliphatic carbocycles. The summed E-state index contributed by atoms with van der Waals surface area (Å²) in [5.41, 5.74) is 0. The highest BCUT2D eigenvalue weighted by Gasteiger charge is 2.25. The maximum Gasteiger partial charge on any atom is 0.239 e. The van der Waals surface area contributed by atoms with Crippen LogP contribution in [-0.2, 0) is 4.79 Å². The summed E-state index contributed by atoms with van der Waals surface area (Å²) >= 11 is 0. The Morgan fingerprint density at radius 2 is 1.89 bits per heavy atom. The summed E-state index contributed by atoms with van der Waals surface area (Å²) < 4.78 is 0. The van der Waals surface area contributed by atoms with Crippen LogP contribution in [0.3, 0.4) is 0 Å². The molecule has 0 bridgehead atoms. The molecule has 1 aliphatic rings. The van der Waals surface area contributed by atoms with Crippen LogP contribution in [-0.4, -0.2) is 61.0 Å². The molecule has 4 heteroatoms. The van der Waals surface area contributed by atoms with Crippen molar-refractivity contribution in [1.29, 1.82) is 0 Å². The van der Waals surface area contributed by atoms with Gasteiger partial charge in [-0.2, -0.15) is 0 Å². The van der Waals surface area contributed by atoms with Crippen molar-refractivity contribution < 1.29 is 4.79 Å². The van der Waals surface area contributed by atoms with Crippen LogP contribution < -0.4 is 5.32 Å². The summed E-state index contributed by atoms with van der Waals surface area (Å²) in [6.45, 7) is 12.5. The van der Waals surface area contributed by atoms with Gasteiger partial charge in [-0.1, -0.05) is 13.8 Å². The SMILES string of the molecule is CCN(CC)CCCN(CC)C(=O)[C@@H]1CCCN1. The first-order chi connectivity index (χ1) is 8.72. The van der Waals surface area contributed by atoms with Gasteiger partial charge in [0.15, 0.2) is 0 Å². The van der Waals surface area contributed by atoms with Gasteiger partial charge in [0, 0.05) is 13.1 Å². The van der Waals surface area contributed by atoms with Crippen LogP contribution in [0, 0.1) is 0 Å². The van der Waals surface area contributed by atoms with E-state index in [9.17, 15) is 4.79 Å². The quantitative estimate of drug-likeness (QED) is 0.710. The van der Waals surface area contributed by atoms with Crippen LogP contribution in [0.1, 0.15) is 40.0 Å². The molecule has 0 unspecified atom stereocenters. The lowest BCUT2D eigenvalue weighted by atomic mass is 10.2. The lowest BCUT2D eigenvalue weighted by Gasteiger charge is -2.26. The summed E-state index contributed by atoms with van der Waals surface area (Å²) in [6.07, 6.45) is 3.22. The van der Waals surface area contributed by atoms with E-state index in [0.29, 0.717) is 5.91 Å². The highest BCUT2D eigenvalue weighted by atomic mass is 16.2. The number of hydrogen-bond acceptors (Lipinski definition) is 3. The molecule has 1 atom stereocenters. The number of carbonyl (C=O) groups is 1. The van der Waals surface area contributed by atoms with E-state index in [2.05, 4.69) is 31.0 Å².